The van der Waals surface area contributed by atoms with Crippen LogP contribution in [0.2, 0.25) is 0 Å². The van der Waals surface area contributed by atoms with Gasteiger partial charge in [-0.3, -0.25) is 14.3 Å². The summed E-state index contributed by atoms with van der Waals surface area (Å²) < 4.78 is 7.34. The van der Waals surface area contributed by atoms with Gasteiger partial charge in [0.25, 0.3) is 0 Å². The number of rotatable bonds is 4. The molecule has 138 valence electrons. The van der Waals surface area contributed by atoms with E-state index in [2.05, 4.69) is 9.88 Å². The fraction of sp³-hybridized carbons (Fsp3) is 0.526. The van der Waals surface area contributed by atoms with Gasteiger partial charge in [0.05, 0.1) is 31.5 Å². The minimum Gasteiger partial charge on any atom is -0.379 e. The minimum absolute atomic E-state index is 0.0623. The summed E-state index contributed by atoms with van der Waals surface area (Å²) >= 11 is 0. The number of carbonyl (C=O) groups excluding carboxylic acids is 1. The normalized spacial score (nSPS) is 21.3. The van der Waals surface area contributed by atoms with Crippen LogP contribution in [-0.4, -0.2) is 69.6 Å². The van der Waals surface area contributed by atoms with Crippen molar-refractivity contribution in [2.24, 2.45) is 0 Å². The maximum atomic E-state index is 12.9. The van der Waals surface area contributed by atoms with Crippen molar-refractivity contribution in [3.63, 3.8) is 0 Å². The summed E-state index contributed by atoms with van der Waals surface area (Å²) in [6.45, 7) is 6.33. The smallest absolute Gasteiger partial charge is 0.237 e. The number of imidazole rings is 1. The van der Waals surface area contributed by atoms with Crippen LogP contribution in [0.3, 0.4) is 0 Å². The molecule has 0 radical (unpaired) electrons. The van der Waals surface area contributed by atoms with Crippen molar-refractivity contribution in [1.29, 1.82) is 0 Å². The van der Waals surface area contributed by atoms with Gasteiger partial charge in [-0.1, -0.05) is 6.07 Å². The first-order valence-electron chi connectivity index (χ1n) is 9.29. The standard InChI is InChI=1S/C19H25N5O2/c1-15-20-7-9-23(15)18-6-2-4-16(21-18)17-5-3-8-24(17)19(25)14-22-10-12-26-13-11-22/h2,4,6-7,9,17H,3,5,8,10-14H2,1H3/t17-/m0/s1. The molecule has 0 aromatic carbocycles. The van der Waals surface area contributed by atoms with Crippen molar-refractivity contribution in [2.45, 2.75) is 25.8 Å². The molecule has 0 aliphatic carbocycles. The van der Waals surface area contributed by atoms with Gasteiger partial charge in [-0.15, -0.1) is 0 Å². The Morgan fingerprint density at radius 1 is 1.27 bits per heavy atom. The third-order valence-electron chi connectivity index (χ3n) is 5.21. The largest absolute Gasteiger partial charge is 0.379 e. The first-order valence-corrected chi connectivity index (χ1v) is 9.29. The fourth-order valence-electron chi connectivity index (χ4n) is 3.79. The Hall–Kier alpha value is -2.25. The molecule has 0 saturated carbocycles. The number of carbonyl (C=O) groups is 1. The van der Waals surface area contributed by atoms with Gasteiger partial charge in [0, 0.05) is 32.0 Å². The molecule has 2 aromatic heterocycles. The third-order valence-corrected chi connectivity index (χ3v) is 5.21. The van der Waals surface area contributed by atoms with E-state index in [1.807, 2.05) is 40.8 Å². The molecule has 7 heteroatoms. The molecular weight excluding hydrogens is 330 g/mol. The van der Waals surface area contributed by atoms with Gasteiger partial charge >= 0.3 is 0 Å². The van der Waals surface area contributed by atoms with Gasteiger partial charge in [0.2, 0.25) is 5.91 Å². The van der Waals surface area contributed by atoms with Crippen molar-refractivity contribution < 1.29 is 9.53 Å². The lowest BCUT2D eigenvalue weighted by Crippen LogP contribution is -2.44. The highest BCUT2D eigenvalue weighted by Gasteiger charge is 2.32. The van der Waals surface area contributed by atoms with E-state index < -0.39 is 0 Å². The fourth-order valence-corrected chi connectivity index (χ4v) is 3.79. The molecule has 4 rings (SSSR count). The molecule has 2 fully saturated rings. The highest BCUT2D eigenvalue weighted by atomic mass is 16.5. The number of hydrogen-bond donors (Lipinski definition) is 0. The van der Waals surface area contributed by atoms with E-state index in [0.717, 1.165) is 49.8 Å². The number of hydrogen-bond acceptors (Lipinski definition) is 5. The van der Waals surface area contributed by atoms with Crippen LogP contribution in [0, 0.1) is 6.92 Å². The van der Waals surface area contributed by atoms with Crippen LogP contribution in [-0.2, 0) is 9.53 Å². The monoisotopic (exact) mass is 355 g/mol. The second-order valence-corrected chi connectivity index (χ2v) is 6.90. The van der Waals surface area contributed by atoms with Crippen LogP contribution in [0.4, 0.5) is 0 Å². The maximum absolute atomic E-state index is 12.9. The molecule has 0 N–H and O–H groups in total. The summed E-state index contributed by atoms with van der Waals surface area (Å²) in [6.07, 6.45) is 5.68. The second kappa shape index (κ2) is 7.55. The molecule has 0 spiro atoms. The number of amides is 1. The number of nitrogens with zero attached hydrogens (tertiary/aromatic N) is 5. The van der Waals surface area contributed by atoms with Crippen LogP contribution >= 0.6 is 0 Å². The molecule has 0 unspecified atom stereocenters. The summed E-state index contributed by atoms with van der Waals surface area (Å²) in [5.41, 5.74) is 0.962. The number of ether oxygens (including phenoxy) is 1. The molecule has 4 heterocycles. The second-order valence-electron chi connectivity index (χ2n) is 6.90. The van der Waals surface area contributed by atoms with Crippen LogP contribution < -0.4 is 0 Å². The molecule has 7 nitrogen and oxygen atoms in total. The highest BCUT2D eigenvalue weighted by Crippen LogP contribution is 2.31. The van der Waals surface area contributed by atoms with Crippen molar-refractivity contribution in [2.75, 3.05) is 39.4 Å². The van der Waals surface area contributed by atoms with Crippen molar-refractivity contribution >= 4 is 5.91 Å². The quantitative estimate of drug-likeness (QED) is 0.833. The average molecular weight is 355 g/mol. The Balaban J connectivity index is 1.51. The van der Waals surface area contributed by atoms with Gasteiger partial charge in [-0.2, -0.15) is 0 Å². The Morgan fingerprint density at radius 2 is 2.12 bits per heavy atom. The van der Waals surface area contributed by atoms with Gasteiger partial charge in [0.1, 0.15) is 11.6 Å². The van der Waals surface area contributed by atoms with E-state index in [1.165, 1.54) is 0 Å². The number of pyridine rings is 1. The predicted molar refractivity (Wildman–Crippen MR) is 97.0 cm³/mol. The summed E-state index contributed by atoms with van der Waals surface area (Å²) in [5, 5.41) is 0. The SMILES string of the molecule is Cc1nccn1-c1cccc([C@@H]2CCCN2C(=O)CN2CCOCC2)n1. The molecule has 2 aromatic rings. The van der Waals surface area contributed by atoms with Gasteiger partial charge in [0.15, 0.2) is 0 Å². The zero-order valence-electron chi connectivity index (χ0n) is 15.2. The Kier molecular flexibility index (Phi) is 4.99. The number of morpholine rings is 1. The van der Waals surface area contributed by atoms with Crippen LogP contribution in [0.5, 0.6) is 0 Å². The lowest BCUT2D eigenvalue weighted by atomic mass is 10.1. The van der Waals surface area contributed by atoms with E-state index in [-0.39, 0.29) is 11.9 Å². The van der Waals surface area contributed by atoms with Crippen LogP contribution in [0.1, 0.15) is 30.4 Å². The Morgan fingerprint density at radius 3 is 2.88 bits per heavy atom. The maximum Gasteiger partial charge on any atom is 0.237 e. The lowest BCUT2D eigenvalue weighted by Gasteiger charge is -2.30. The van der Waals surface area contributed by atoms with Crippen molar-refractivity contribution in [3.05, 3.63) is 42.1 Å². The van der Waals surface area contributed by atoms with Gasteiger partial charge in [-0.05, 0) is 31.9 Å². The van der Waals surface area contributed by atoms with Gasteiger partial charge in [-0.25, -0.2) is 9.97 Å². The molecule has 0 bridgehead atoms. The topological polar surface area (TPSA) is 63.5 Å². The van der Waals surface area contributed by atoms with E-state index in [0.29, 0.717) is 19.8 Å². The highest BCUT2D eigenvalue weighted by molar-refractivity contribution is 5.79. The number of aryl methyl sites for hydroxylation is 1. The van der Waals surface area contributed by atoms with Crippen LogP contribution in [0.15, 0.2) is 30.6 Å². The zero-order chi connectivity index (χ0) is 17.9. The Bertz CT molecular complexity index is 769. The van der Waals surface area contributed by atoms with Crippen LogP contribution in [0.25, 0.3) is 5.82 Å². The summed E-state index contributed by atoms with van der Waals surface area (Å²) in [6, 6.07) is 6.08. The van der Waals surface area contributed by atoms with E-state index in [1.54, 1.807) is 6.20 Å². The minimum atomic E-state index is 0.0623. The van der Waals surface area contributed by atoms with Crippen molar-refractivity contribution in [3.8, 4) is 5.82 Å². The molecular formula is C19H25N5O2. The summed E-state index contributed by atoms with van der Waals surface area (Å²) in [5.74, 6) is 1.95. The first kappa shape index (κ1) is 17.2. The number of likely N-dealkylation sites (tertiary alicyclic amines) is 1. The molecule has 26 heavy (non-hydrogen) atoms. The third kappa shape index (κ3) is 3.50. The molecule has 2 aliphatic rings. The Labute approximate surface area is 153 Å². The molecule has 2 saturated heterocycles. The zero-order valence-corrected chi connectivity index (χ0v) is 15.2. The molecule has 1 atom stereocenters. The number of aromatic nitrogens is 3. The average Bonchev–Trinajstić information content (AvgIpc) is 3.32. The predicted octanol–water partition coefficient (Wildman–Crippen LogP) is 1.57. The summed E-state index contributed by atoms with van der Waals surface area (Å²) in [4.78, 5) is 26.2. The van der Waals surface area contributed by atoms with Crippen molar-refractivity contribution in [1.82, 2.24) is 24.3 Å². The lowest BCUT2D eigenvalue weighted by molar-refractivity contribution is -0.134. The molecule has 2 aliphatic heterocycles. The molecule has 1 amide bonds. The van der Waals surface area contributed by atoms with Gasteiger partial charge < -0.3 is 9.64 Å². The first-order chi connectivity index (χ1) is 12.7. The summed E-state index contributed by atoms with van der Waals surface area (Å²) in [7, 11) is 0. The van der Waals surface area contributed by atoms with E-state index in [4.69, 9.17) is 9.72 Å². The van der Waals surface area contributed by atoms with E-state index >= 15 is 0 Å². The van der Waals surface area contributed by atoms with E-state index in [9.17, 15) is 4.79 Å².